The summed E-state index contributed by atoms with van der Waals surface area (Å²) in [6, 6.07) is 7.61. The van der Waals surface area contributed by atoms with E-state index in [1.165, 1.54) is 12.8 Å². The normalized spacial score (nSPS) is 16.9. The summed E-state index contributed by atoms with van der Waals surface area (Å²) in [6.07, 6.45) is 2.53. The Hall–Kier alpha value is -1.51. The number of hydrogen-bond donors (Lipinski definition) is 1. The number of rotatable bonds is 4. The minimum atomic E-state index is -0.856. The zero-order chi connectivity index (χ0) is 11.7. The molecule has 3 heteroatoms. The second-order valence-electron chi connectivity index (χ2n) is 4.51. The Balaban J connectivity index is 2.27. The van der Waals surface area contributed by atoms with Crippen LogP contribution in [-0.4, -0.2) is 24.2 Å². The molecule has 1 N–H and O–H groups in total. The first-order valence-electron chi connectivity index (χ1n) is 5.66. The van der Waals surface area contributed by atoms with Crippen molar-refractivity contribution in [2.75, 3.05) is 11.9 Å². The molecule has 0 bridgehead atoms. The SMILES string of the molecule is CC(C1CC1)N(C)c1ccccc1C(=O)O. The van der Waals surface area contributed by atoms with Gasteiger partial charge in [-0.15, -0.1) is 0 Å². The van der Waals surface area contributed by atoms with E-state index in [0.717, 1.165) is 11.6 Å². The maximum absolute atomic E-state index is 11.1. The Kier molecular flexibility index (Phi) is 2.86. The summed E-state index contributed by atoms with van der Waals surface area (Å²) in [5.41, 5.74) is 1.20. The van der Waals surface area contributed by atoms with Crippen molar-refractivity contribution in [1.82, 2.24) is 0 Å². The smallest absolute Gasteiger partial charge is 0.337 e. The van der Waals surface area contributed by atoms with Gasteiger partial charge in [0.25, 0.3) is 0 Å². The van der Waals surface area contributed by atoms with E-state index in [-0.39, 0.29) is 0 Å². The van der Waals surface area contributed by atoms with E-state index >= 15 is 0 Å². The van der Waals surface area contributed by atoms with Crippen molar-refractivity contribution in [3.63, 3.8) is 0 Å². The Labute approximate surface area is 95.7 Å². The van der Waals surface area contributed by atoms with Crippen molar-refractivity contribution >= 4 is 11.7 Å². The van der Waals surface area contributed by atoms with Crippen molar-refractivity contribution in [1.29, 1.82) is 0 Å². The number of aromatic carboxylic acids is 1. The van der Waals surface area contributed by atoms with Gasteiger partial charge in [-0.05, 0) is 37.8 Å². The summed E-state index contributed by atoms with van der Waals surface area (Å²) in [7, 11) is 1.98. The molecule has 1 saturated carbocycles. The molecule has 1 fully saturated rings. The van der Waals surface area contributed by atoms with Gasteiger partial charge in [-0.1, -0.05) is 12.1 Å². The van der Waals surface area contributed by atoms with Crippen molar-refractivity contribution in [3.05, 3.63) is 29.8 Å². The first-order valence-corrected chi connectivity index (χ1v) is 5.66. The van der Waals surface area contributed by atoms with E-state index < -0.39 is 5.97 Å². The number of para-hydroxylation sites is 1. The van der Waals surface area contributed by atoms with Crippen molar-refractivity contribution in [3.8, 4) is 0 Å². The Morgan fingerprint density at radius 2 is 2.06 bits per heavy atom. The van der Waals surface area contributed by atoms with Gasteiger partial charge in [0, 0.05) is 13.1 Å². The number of hydrogen-bond acceptors (Lipinski definition) is 2. The summed E-state index contributed by atoms with van der Waals surface area (Å²) in [4.78, 5) is 13.2. The lowest BCUT2D eigenvalue weighted by atomic mass is 10.1. The lowest BCUT2D eigenvalue weighted by Gasteiger charge is -2.28. The monoisotopic (exact) mass is 219 g/mol. The van der Waals surface area contributed by atoms with E-state index in [2.05, 4.69) is 11.8 Å². The number of anilines is 1. The fraction of sp³-hybridized carbons (Fsp3) is 0.462. The van der Waals surface area contributed by atoms with Crippen molar-refractivity contribution in [2.45, 2.75) is 25.8 Å². The van der Waals surface area contributed by atoms with E-state index in [1.807, 2.05) is 19.2 Å². The Morgan fingerprint density at radius 1 is 1.44 bits per heavy atom. The predicted octanol–water partition coefficient (Wildman–Crippen LogP) is 2.62. The van der Waals surface area contributed by atoms with E-state index in [1.54, 1.807) is 12.1 Å². The van der Waals surface area contributed by atoms with Crippen LogP contribution in [0.2, 0.25) is 0 Å². The van der Waals surface area contributed by atoms with Gasteiger partial charge in [-0.3, -0.25) is 0 Å². The highest BCUT2D eigenvalue weighted by Crippen LogP contribution is 2.36. The van der Waals surface area contributed by atoms with Gasteiger partial charge < -0.3 is 10.0 Å². The molecule has 1 aliphatic rings. The average molecular weight is 219 g/mol. The first kappa shape index (κ1) is 11.0. The van der Waals surface area contributed by atoms with Gasteiger partial charge in [0.2, 0.25) is 0 Å². The Morgan fingerprint density at radius 3 is 2.62 bits per heavy atom. The molecule has 0 amide bonds. The molecule has 1 atom stereocenters. The molecule has 1 aliphatic carbocycles. The fourth-order valence-electron chi connectivity index (χ4n) is 2.08. The highest BCUT2D eigenvalue weighted by Gasteiger charge is 2.31. The predicted molar refractivity (Wildman–Crippen MR) is 64.0 cm³/mol. The minimum Gasteiger partial charge on any atom is -0.478 e. The van der Waals surface area contributed by atoms with Crippen LogP contribution in [0.15, 0.2) is 24.3 Å². The second kappa shape index (κ2) is 4.16. The summed E-state index contributed by atoms with van der Waals surface area (Å²) in [6.45, 7) is 2.16. The van der Waals surface area contributed by atoms with Crippen LogP contribution in [0.4, 0.5) is 5.69 Å². The molecular formula is C13H17NO2. The molecule has 3 nitrogen and oxygen atoms in total. The van der Waals surface area contributed by atoms with Crippen LogP contribution >= 0.6 is 0 Å². The summed E-state index contributed by atoms with van der Waals surface area (Å²) >= 11 is 0. The average Bonchev–Trinajstić information content (AvgIpc) is 3.11. The standard InChI is InChI=1S/C13H17NO2/c1-9(10-7-8-10)14(2)12-6-4-3-5-11(12)13(15)16/h3-6,9-10H,7-8H2,1-2H3,(H,15,16). The van der Waals surface area contributed by atoms with Gasteiger partial charge in [0.05, 0.1) is 11.3 Å². The van der Waals surface area contributed by atoms with Crippen LogP contribution in [0.1, 0.15) is 30.1 Å². The van der Waals surface area contributed by atoms with Gasteiger partial charge in [-0.25, -0.2) is 4.79 Å². The third kappa shape index (κ3) is 2.03. The second-order valence-corrected chi connectivity index (χ2v) is 4.51. The van der Waals surface area contributed by atoms with Crippen LogP contribution in [0.3, 0.4) is 0 Å². The quantitative estimate of drug-likeness (QED) is 0.846. The van der Waals surface area contributed by atoms with Crippen molar-refractivity contribution in [2.24, 2.45) is 5.92 Å². The molecular weight excluding hydrogens is 202 g/mol. The Bertz CT molecular complexity index is 399. The summed E-state index contributed by atoms with van der Waals surface area (Å²) < 4.78 is 0. The third-order valence-corrected chi connectivity index (χ3v) is 3.43. The molecule has 0 radical (unpaired) electrons. The largest absolute Gasteiger partial charge is 0.478 e. The first-order chi connectivity index (χ1) is 7.61. The molecule has 0 saturated heterocycles. The molecule has 1 aromatic rings. The molecule has 86 valence electrons. The molecule has 1 unspecified atom stereocenters. The van der Waals surface area contributed by atoms with Gasteiger partial charge in [0.15, 0.2) is 0 Å². The number of carboxylic acid groups (broad SMARTS) is 1. The molecule has 0 aliphatic heterocycles. The minimum absolute atomic E-state index is 0.387. The van der Waals surface area contributed by atoms with E-state index in [0.29, 0.717) is 11.6 Å². The number of benzene rings is 1. The van der Waals surface area contributed by atoms with E-state index in [9.17, 15) is 4.79 Å². The number of carbonyl (C=O) groups is 1. The summed E-state index contributed by atoms with van der Waals surface area (Å²) in [5, 5.41) is 9.12. The molecule has 0 spiro atoms. The lowest BCUT2D eigenvalue weighted by molar-refractivity contribution is 0.0697. The van der Waals surface area contributed by atoms with Crippen LogP contribution < -0.4 is 4.90 Å². The highest BCUT2D eigenvalue weighted by molar-refractivity contribution is 5.94. The zero-order valence-electron chi connectivity index (χ0n) is 9.68. The molecule has 2 rings (SSSR count). The highest BCUT2D eigenvalue weighted by atomic mass is 16.4. The maximum Gasteiger partial charge on any atom is 0.337 e. The van der Waals surface area contributed by atoms with Crippen molar-refractivity contribution < 1.29 is 9.90 Å². The number of nitrogens with zero attached hydrogens (tertiary/aromatic N) is 1. The van der Waals surface area contributed by atoms with Gasteiger partial charge in [0.1, 0.15) is 0 Å². The molecule has 16 heavy (non-hydrogen) atoms. The number of carboxylic acids is 1. The zero-order valence-corrected chi connectivity index (χ0v) is 9.68. The summed E-state index contributed by atoms with van der Waals surface area (Å²) in [5.74, 6) is -0.128. The lowest BCUT2D eigenvalue weighted by Crippen LogP contribution is -2.31. The van der Waals surface area contributed by atoms with Crippen LogP contribution in [0.5, 0.6) is 0 Å². The van der Waals surface area contributed by atoms with Crippen LogP contribution in [0, 0.1) is 5.92 Å². The van der Waals surface area contributed by atoms with E-state index in [4.69, 9.17) is 5.11 Å². The molecule has 1 aromatic carbocycles. The molecule has 0 heterocycles. The fourth-order valence-corrected chi connectivity index (χ4v) is 2.08. The topological polar surface area (TPSA) is 40.5 Å². The van der Waals surface area contributed by atoms with Crippen LogP contribution in [0.25, 0.3) is 0 Å². The third-order valence-electron chi connectivity index (χ3n) is 3.43. The van der Waals surface area contributed by atoms with Gasteiger partial charge >= 0.3 is 5.97 Å². The molecule has 0 aromatic heterocycles. The maximum atomic E-state index is 11.1. The van der Waals surface area contributed by atoms with Crippen LogP contribution in [-0.2, 0) is 0 Å². The van der Waals surface area contributed by atoms with Gasteiger partial charge in [-0.2, -0.15) is 0 Å².